The van der Waals surface area contributed by atoms with Gasteiger partial charge in [-0.25, -0.2) is 0 Å². The summed E-state index contributed by atoms with van der Waals surface area (Å²) in [4.78, 5) is 2.02. The molecule has 0 fully saturated rings. The van der Waals surface area contributed by atoms with Crippen molar-refractivity contribution >= 4 is 5.96 Å². The number of hydrogen-bond donors (Lipinski definition) is 2. The monoisotopic (exact) mass is 186 g/mol. The van der Waals surface area contributed by atoms with Crippen LogP contribution in [-0.2, 0) is 0 Å². The molecule has 0 radical (unpaired) electrons. The van der Waals surface area contributed by atoms with Crippen LogP contribution in [0.5, 0.6) is 0 Å². The molecule has 78 valence electrons. The molecule has 0 heterocycles. The minimum absolute atomic E-state index is 0.365. The van der Waals surface area contributed by atoms with E-state index in [0.717, 1.165) is 13.0 Å². The molecule has 0 aliphatic heterocycles. The van der Waals surface area contributed by atoms with Crippen LogP contribution in [0.3, 0.4) is 0 Å². The number of nitrogens with two attached hydrogens (primary N) is 2. The molecule has 0 unspecified atom stereocenters. The summed E-state index contributed by atoms with van der Waals surface area (Å²) in [5.74, 6) is 5.57. The van der Waals surface area contributed by atoms with Gasteiger partial charge in [0.2, 0.25) is 5.96 Å². The summed E-state index contributed by atoms with van der Waals surface area (Å²) in [7, 11) is 0. The summed E-state index contributed by atoms with van der Waals surface area (Å²) >= 11 is 0. The highest BCUT2D eigenvalue weighted by atomic mass is 15.3. The van der Waals surface area contributed by atoms with Crippen molar-refractivity contribution in [1.29, 1.82) is 0 Å². The first kappa shape index (κ1) is 12.1. The van der Waals surface area contributed by atoms with Crippen LogP contribution in [-0.4, -0.2) is 23.4 Å². The fourth-order valence-electron chi connectivity index (χ4n) is 1.24. The molecule has 0 aromatic carbocycles. The van der Waals surface area contributed by atoms with Crippen molar-refractivity contribution in [1.82, 2.24) is 4.90 Å². The van der Waals surface area contributed by atoms with Gasteiger partial charge in [0.1, 0.15) is 0 Å². The Morgan fingerprint density at radius 2 is 2.00 bits per heavy atom. The van der Waals surface area contributed by atoms with E-state index in [1.54, 1.807) is 0 Å². The van der Waals surface area contributed by atoms with Crippen molar-refractivity contribution in [3.63, 3.8) is 0 Å². The molecule has 0 aromatic heterocycles. The van der Waals surface area contributed by atoms with Crippen molar-refractivity contribution in [3.8, 4) is 0 Å². The molecule has 0 saturated heterocycles. The Balaban J connectivity index is 3.96. The second kappa shape index (κ2) is 6.57. The van der Waals surface area contributed by atoms with Crippen LogP contribution < -0.4 is 11.6 Å². The highest BCUT2D eigenvalue weighted by Crippen LogP contribution is 2.02. The third-order valence-electron chi connectivity index (χ3n) is 2.05. The van der Waals surface area contributed by atoms with E-state index < -0.39 is 0 Å². The normalized spacial score (nSPS) is 12.2. The second-order valence-corrected chi connectivity index (χ2v) is 3.48. The molecule has 0 aliphatic carbocycles. The van der Waals surface area contributed by atoms with Gasteiger partial charge in [0.15, 0.2) is 0 Å². The largest absolute Gasteiger partial charge is 0.368 e. The van der Waals surface area contributed by atoms with Crippen LogP contribution in [0.15, 0.2) is 5.10 Å². The number of unbranched alkanes of at least 4 members (excludes halogenated alkanes) is 2. The predicted molar refractivity (Wildman–Crippen MR) is 57.2 cm³/mol. The Kier molecular flexibility index (Phi) is 6.10. The Morgan fingerprint density at radius 1 is 1.38 bits per heavy atom. The molecule has 0 rings (SSSR count). The molecule has 0 aromatic rings. The van der Waals surface area contributed by atoms with Crippen LogP contribution in [0.2, 0.25) is 0 Å². The van der Waals surface area contributed by atoms with E-state index in [1.165, 1.54) is 12.8 Å². The van der Waals surface area contributed by atoms with E-state index in [0.29, 0.717) is 12.0 Å². The summed E-state index contributed by atoms with van der Waals surface area (Å²) in [6.45, 7) is 7.30. The van der Waals surface area contributed by atoms with Gasteiger partial charge in [0.25, 0.3) is 0 Å². The maximum Gasteiger partial charge on any atom is 0.213 e. The van der Waals surface area contributed by atoms with Crippen molar-refractivity contribution in [2.75, 3.05) is 6.54 Å². The number of guanidine groups is 1. The van der Waals surface area contributed by atoms with Gasteiger partial charge >= 0.3 is 0 Å². The Hall–Kier alpha value is -0.930. The zero-order chi connectivity index (χ0) is 10.3. The number of hydrazone groups is 1. The SMILES string of the molecule is CCCCCN(C(N)=NN)C(C)C. The molecular formula is C9H22N4. The molecule has 0 atom stereocenters. The number of rotatable bonds is 5. The zero-order valence-corrected chi connectivity index (χ0v) is 8.95. The molecule has 0 spiro atoms. The second-order valence-electron chi connectivity index (χ2n) is 3.48. The zero-order valence-electron chi connectivity index (χ0n) is 8.95. The molecule has 0 bridgehead atoms. The number of hydrogen-bond acceptors (Lipinski definition) is 2. The summed E-state index contributed by atoms with van der Waals surface area (Å²) in [5, 5.41) is 3.51. The summed E-state index contributed by atoms with van der Waals surface area (Å²) in [6, 6.07) is 0.365. The van der Waals surface area contributed by atoms with E-state index in [-0.39, 0.29) is 0 Å². The fraction of sp³-hybridized carbons (Fsp3) is 0.889. The van der Waals surface area contributed by atoms with Crippen LogP contribution >= 0.6 is 0 Å². The third-order valence-corrected chi connectivity index (χ3v) is 2.05. The first-order chi connectivity index (χ1) is 6.13. The third kappa shape index (κ3) is 4.60. The topological polar surface area (TPSA) is 67.6 Å². The minimum atomic E-state index is 0.365. The fourth-order valence-corrected chi connectivity index (χ4v) is 1.24. The molecule has 4 nitrogen and oxygen atoms in total. The number of nitrogens with zero attached hydrogens (tertiary/aromatic N) is 2. The standard InChI is InChI=1S/C9H22N4/c1-4-5-6-7-13(8(2)3)9(10)12-11/h8H,4-7,11H2,1-3H3,(H2,10,12). The van der Waals surface area contributed by atoms with Crippen LogP contribution in [0.25, 0.3) is 0 Å². The smallest absolute Gasteiger partial charge is 0.213 e. The van der Waals surface area contributed by atoms with Crippen LogP contribution in [0.1, 0.15) is 40.0 Å². The lowest BCUT2D eigenvalue weighted by Crippen LogP contribution is -2.43. The molecular weight excluding hydrogens is 164 g/mol. The van der Waals surface area contributed by atoms with Crippen LogP contribution in [0, 0.1) is 0 Å². The van der Waals surface area contributed by atoms with Gasteiger partial charge in [-0.15, -0.1) is 5.10 Å². The Morgan fingerprint density at radius 3 is 2.38 bits per heavy atom. The molecule has 0 saturated carbocycles. The first-order valence-electron chi connectivity index (χ1n) is 4.93. The predicted octanol–water partition coefficient (Wildman–Crippen LogP) is 1.08. The van der Waals surface area contributed by atoms with Gasteiger partial charge in [0, 0.05) is 12.6 Å². The Bertz CT molecular complexity index is 154. The van der Waals surface area contributed by atoms with E-state index in [9.17, 15) is 0 Å². The first-order valence-corrected chi connectivity index (χ1v) is 4.93. The summed E-state index contributed by atoms with van der Waals surface area (Å²) in [6.07, 6.45) is 3.58. The molecule has 13 heavy (non-hydrogen) atoms. The van der Waals surface area contributed by atoms with Crippen molar-refractivity contribution in [3.05, 3.63) is 0 Å². The molecule has 4 N–H and O–H groups in total. The van der Waals surface area contributed by atoms with Gasteiger partial charge < -0.3 is 16.5 Å². The molecule has 4 heteroatoms. The average molecular weight is 186 g/mol. The van der Waals surface area contributed by atoms with Gasteiger partial charge in [-0.3, -0.25) is 0 Å². The lowest BCUT2D eigenvalue weighted by molar-refractivity contribution is 0.336. The van der Waals surface area contributed by atoms with Gasteiger partial charge in [0.05, 0.1) is 0 Å². The van der Waals surface area contributed by atoms with Gasteiger partial charge in [-0.05, 0) is 20.3 Å². The lowest BCUT2D eigenvalue weighted by atomic mass is 10.2. The highest BCUT2D eigenvalue weighted by Gasteiger charge is 2.10. The molecule has 0 aliphatic rings. The average Bonchev–Trinajstić information content (AvgIpc) is 2.11. The maximum absolute atomic E-state index is 5.65. The minimum Gasteiger partial charge on any atom is -0.368 e. The summed E-state index contributed by atoms with van der Waals surface area (Å²) < 4.78 is 0. The van der Waals surface area contributed by atoms with Crippen LogP contribution in [0.4, 0.5) is 0 Å². The molecule has 0 amide bonds. The van der Waals surface area contributed by atoms with Crippen molar-refractivity contribution in [2.24, 2.45) is 16.7 Å². The van der Waals surface area contributed by atoms with Crippen molar-refractivity contribution < 1.29 is 0 Å². The van der Waals surface area contributed by atoms with E-state index >= 15 is 0 Å². The van der Waals surface area contributed by atoms with E-state index in [4.69, 9.17) is 11.6 Å². The Labute approximate surface area is 81.0 Å². The maximum atomic E-state index is 5.65. The lowest BCUT2D eigenvalue weighted by Gasteiger charge is -2.26. The van der Waals surface area contributed by atoms with E-state index in [1.807, 2.05) is 4.90 Å². The highest BCUT2D eigenvalue weighted by molar-refractivity contribution is 5.77. The quantitative estimate of drug-likeness (QED) is 0.222. The summed E-state index contributed by atoms with van der Waals surface area (Å²) in [5.41, 5.74) is 5.65. The van der Waals surface area contributed by atoms with E-state index in [2.05, 4.69) is 25.9 Å². The van der Waals surface area contributed by atoms with Gasteiger partial charge in [-0.2, -0.15) is 0 Å². The van der Waals surface area contributed by atoms with Crippen molar-refractivity contribution in [2.45, 2.75) is 46.1 Å². The van der Waals surface area contributed by atoms with Gasteiger partial charge in [-0.1, -0.05) is 19.8 Å².